The third-order valence-electron chi connectivity index (χ3n) is 13.6. The predicted molar refractivity (Wildman–Crippen MR) is 315 cm³/mol. The Morgan fingerprint density at radius 1 is 0.655 bits per heavy atom. The molecular formula is C63H76F5N9O10. The SMILES string of the molecule is CC(C)[C@H](NC(=O)CCOCCOCCOCCC(=O)Oc1c(F)c(F)c(F)c(F)c1F)C(=O)C[C@@H](CCCNC(N)=O)C(=O)Nc1ccc(C[n+]2cccc(-c3cn(CCCCCCCC(=O)Nc4ccccc4-c4ccccc4)nn3)c2)cc1.[CH3-]. The number of pyridine rings is 1. The zero-order chi connectivity index (χ0) is 61.8. The van der Waals surface area contributed by atoms with E-state index in [4.69, 9.17) is 19.9 Å². The molecule has 0 saturated heterocycles. The van der Waals surface area contributed by atoms with Gasteiger partial charge in [-0.3, -0.25) is 28.7 Å². The van der Waals surface area contributed by atoms with Gasteiger partial charge in [-0.15, -0.1) is 5.10 Å². The zero-order valence-corrected chi connectivity index (χ0v) is 49.1. The number of Topliss-reactive ketones (excluding diaryl/α,β-unsaturated/α-hetero) is 1. The largest absolute Gasteiger partial charge is 0.420 e. The van der Waals surface area contributed by atoms with Crippen molar-refractivity contribution in [1.82, 2.24) is 25.6 Å². The molecule has 19 nitrogen and oxygen atoms in total. The maximum atomic E-state index is 13.8. The molecule has 0 bridgehead atoms. The fraction of sp³-hybridized carbons (Fsp3) is 0.397. The lowest BCUT2D eigenvalue weighted by molar-refractivity contribution is -0.687. The smallest absolute Gasteiger partial charge is 0.313 e. The minimum atomic E-state index is -2.38. The summed E-state index contributed by atoms with van der Waals surface area (Å²) in [6.07, 6.45) is 10.8. The number of primary amides is 1. The summed E-state index contributed by atoms with van der Waals surface area (Å²) in [5, 5.41) is 20.1. The van der Waals surface area contributed by atoms with Crippen molar-refractivity contribution in [2.75, 3.05) is 56.8 Å². The lowest BCUT2D eigenvalue weighted by Crippen LogP contribution is -2.45. The summed E-state index contributed by atoms with van der Waals surface area (Å²) in [4.78, 5) is 76.6. The molecule has 6 aromatic rings. The molecule has 5 amide bonds. The van der Waals surface area contributed by atoms with E-state index in [-0.39, 0.29) is 90.5 Å². The van der Waals surface area contributed by atoms with E-state index >= 15 is 0 Å². The van der Waals surface area contributed by atoms with Crippen LogP contribution in [0, 0.1) is 48.3 Å². The number of nitrogens with one attached hydrogen (secondary N) is 4. The Morgan fingerprint density at radius 3 is 1.97 bits per heavy atom. The van der Waals surface area contributed by atoms with Crippen molar-refractivity contribution in [3.8, 4) is 28.1 Å². The van der Waals surface area contributed by atoms with Crippen LogP contribution in [0.5, 0.6) is 5.75 Å². The Labute approximate surface area is 502 Å². The second-order valence-corrected chi connectivity index (χ2v) is 20.6. The molecule has 2 atom stereocenters. The molecule has 0 radical (unpaired) electrons. The molecule has 0 fully saturated rings. The summed E-state index contributed by atoms with van der Waals surface area (Å²) in [7, 11) is 0. The van der Waals surface area contributed by atoms with Crippen molar-refractivity contribution in [1.29, 1.82) is 0 Å². The maximum Gasteiger partial charge on any atom is 0.313 e. The van der Waals surface area contributed by atoms with Crippen molar-refractivity contribution in [3.63, 3.8) is 0 Å². The topological polar surface area (TPSA) is 248 Å². The van der Waals surface area contributed by atoms with Crippen LogP contribution in [0.4, 0.5) is 38.1 Å². The van der Waals surface area contributed by atoms with E-state index in [1.54, 1.807) is 26.0 Å². The number of ether oxygens (including phenoxy) is 4. The first-order chi connectivity index (χ1) is 41.5. The number of unbranched alkanes of at least 4 members (excludes halogenated alkanes) is 4. The van der Waals surface area contributed by atoms with Crippen LogP contribution in [0.25, 0.3) is 22.4 Å². The molecule has 0 aliphatic carbocycles. The normalized spacial score (nSPS) is 11.8. The van der Waals surface area contributed by atoms with Crippen LogP contribution in [-0.2, 0) is 51.3 Å². The van der Waals surface area contributed by atoms with Crippen LogP contribution in [0.1, 0.15) is 90.0 Å². The molecule has 0 saturated carbocycles. The molecule has 468 valence electrons. The fourth-order valence-corrected chi connectivity index (χ4v) is 9.05. The van der Waals surface area contributed by atoms with Gasteiger partial charge in [-0.05, 0) is 61.4 Å². The van der Waals surface area contributed by atoms with Crippen molar-refractivity contribution >= 4 is 46.9 Å². The number of esters is 1. The van der Waals surface area contributed by atoms with E-state index in [1.165, 1.54) is 0 Å². The minimum absolute atomic E-state index is 0. The van der Waals surface area contributed by atoms with E-state index in [0.717, 1.165) is 72.3 Å². The van der Waals surface area contributed by atoms with Crippen LogP contribution in [0.2, 0.25) is 0 Å². The van der Waals surface area contributed by atoms with Gasteiger partial charge in [0, 0.05) is 66.8 Å². The van der Waals surface area contributed by atoms with Gasteiger partial charge in [0.1, 0.15) is 5.69 Å². The molecule has 0 spiro atoms. The van der Waals surface area contributed by atoms with Gasteiger partial charge in [0.15, 0.2) is 24.7 Å². The zero-order valence-electron chi connectivity index (χ0n) is 49.1. The number of hydrogen-bond acceptors (Lipinski definition) is 12. The third kappa shape index (κ3) is 23.0. The molecular weight excluding hydrogens is 1140 g/mol. The Bertz CT molecular complexity index is 3160. The first kappa shape index (κ1) is 69.3. The number of carbonyl (C=O) groups is 6. The summed E-state index contributed by atoms with van der Waals surface area (Å²) >= 11 is 0. The van der Waals surface area contributed by atoms with Gasteiger partial charge >= 0.3 is 12.0 Å². The summed E-state index contributed by atoms with van der Waals surface area (Å²) in [6, 6.07) is 27.4. The number of carbonyl (C=O) groups excluding carboxylic acids is 6. The first-order valence-electron chi connectivity index (χ1n) is 28.5. The van der Waals surface area contributed by atoms with Gasteiger partial charge in [-0.25, -0.2) is 22.5 Å². The van der Waals surface area contributed by atoms with Gasteiger partial charge in [0.05, 0.1) is 63.9 Å². The van der Waals surface area contributed by atoms with E-state index in [2.05, 4.69) is 36.3 Å². The number of nitrogens with two attached hydrogens (primary N) is 1. The number of urea groups is 1. The number of amides is 5. The highest BCUT2D eigenvalue weighted by Crippen LogP contribution is 2.30. The Balaban J connectivity index is 0.0000138. The van der Waals surface area contributed by atoms with E-state index in [1.807, 2.05) is 107 Å². The number of para-hydroxylation sites is 1. The molecule has 2 heterocycles. The molecule has 87 heavy (non-hydrogen) atoms. The highest BCUT2D eigenvalue weighted by atomic mass is 19.2. The summed E-state index contributed by atoms with van der Waals surface area (Å²) in [5.41, 5.74) is 11.2. The highest BCUT2D eigenvalue weighted by molar-refractivity contribution is 5.98. The van der Waals surface area contributed by atoms with Crippen LogP contribution in [0.3, 0.4) is 0 Å². The molecule has 4 aromatic carbocycles. The summed E-state index contributed by atoms with van der Waals surface area (Å²) < 4.78 is 91.6. The molecule has 24 heteroatoms. The number of ketones is 1. The van der Waals surface area contributed by atoms with Crippen LogP contribution >= 0.6 is 0 Å². The molecule has 0 aliphatic rings. The number of nitrogens with zero attached hydrogens (tertiary/aromatic N) is 4. The van der Waals surface area contributed by atoms with Crippen molar-refractivity contribution in [3.05, 3.63) is 152 Å². The van der Waals surface area contributed by atoms with Gasteiger partial charge in [0.2, 0.25) is 52.6 Å². The number of anilines is 2. The van der Waals surface area contributed by atoms with Crippen LogP contribution in [-0.4, -0.2) is 103 Å². The third-order valence-corrected chi connectivity index (χ3v) is 13.6. The Morgan fingerprint density at radius 2 is 1.28 bits per heavy atom. The molecule has 2 aromatic heterocycles. The fourth-order valence-electron chi connectivity index (χ4n) is 9.05. The van der Waals surface area contributed by atoms with Gasteiger partial charge in [0.25, 0.3) is 0 Å². The van der Waals surface area contributed by atoms with Gasteiger partial charge < -0.3 is 53.4 Å². The molecule has 6 N–H and O–H groups in total. The number of aromatic nitrogens is 4. The number of rotatable bonds is 37. The maximum absolute atomic E-state index is 13.8. The van der Waals surface area contributed by atoms with Crippen molar-refractivity contribution < 1.29 is 74.2 Å². The van der Waals surface area contributed by atoms with E-state index in [9.17, 15) is 50.7 Å². The summed E-state index contributed by atoms with van der Waals surface area (Å²) in [5.74, 6) is -16.8. The number of aryl methyl sites for hydroxylation is 1. The van der Waals surface area contributed by atoms with E-state index in [0.29, 0.717) is 25.1 Å². The molecule has 0 unspecified atom stereocenters. The average molecular weight is 1210 g/mol. The Hall–Kier alpha value is -8.48. The number of hydrogen-bond donors (Lipinski definition) is 5. The van der Waals surface area contributed by atoms with Crippen molar-refractivity contribution in [2.45, 2.75) is 104 Å². The lowest BCUT2D eigenvalue weighted by Gasteiger charge is -2.24. The number of benzene rings is 4. The Kier molecular flexibility index (Phi) is 29.1. The summed E-state index contributed by atoms with van der Waals surface area (Å²) in [6.45, 7) is 4.83. The quantitative estimate of drug-likeness (QED) is 0.00358. The molecule has 0 aliphatic heterocycles. The van der Waals surface area contributed by atoms with Crippen molar-refractivity contribution in [2.24, 2.45) is 17.6 Å². The standard InChI is InChI=1S/C62H72F5N9O10.CH3/c1-41(2)59(72-52(79)26-31-83-33-35-85-36-34-84-32-27-53(80)86-60-57(66)55(64)54(63)56(65)58(60)67)50(77)37-44(17-13-28-69-62(68)82)61(81)70-46-24-22-42(23-25-46)38-75-29-14-18-45(39-75)49-40-76(74-73-49)30-12-5-3-4-9-21-51(78)71-48-20-11-10-19-47(48)43-15-7-6-8-16-43;/h6-8,10-11,14-16,18-20,22-25,29,39-41,44,59H,3-5,9,12-13,17,21,26-28,30-38H2,1-2H3,(H5-,68,69,70,71,72,78,79,81,82);1H3/q;-1/p+1/t44-,59+;/m1./s1. The first-order valence-corrected chi connectivity index (χ1v) is 28.5. The highest BCUT2D eigenvalue weighted by Gasteiger charge is 2.31. The monoisotopic (exact) mass is 1210 g/mol. The minimum Gasteiger partial charge on any atom is -0.420 e. The van der Waals surface area contributed by atoms with Gasteiger partial charge in [-0.1, -0.05) is 99.0 Å². The van der Waals surface area contributed by atoms with Crippen LogP contribution in [0.15, 0.2) is 110 Å². The van der Waals surface area contributed by atoms with Crippen LogP contribution < -0.4 is 36.3 Å². The average Bonchev–Trinajstić information content (AvgIpc) is 3.64. The van der Waals surface area contributed by atoms with Gasteiger partial charge in [-0.2, -0.15) is 8.78 Å². The molecule has 6 rings (SSSR count). The second kappa shape index (κ2) is 36.5. The second-order valence-electron chi connectivity index (χ2n) is 20.6. The van der Waals surface area contributed by atoms with E-state index < -0.39 is 77.0 Å². The lowest BCUT2D eigenvalue weighted by atomic mass is 9.89. The predicted octanol–water partition coefficient (Wildman–Crippen LogP) is 9.61. The number of halogens is 5.